The fourth-order valence-corrected chi connectivity index (χ4v) is 2.01. The molecule has 1 atom stereocenters. The fraction of sp³-hybridized carbons (Fsp3) is 0.818. The summed E-state index contributed by atoms with van der Waals surface area (Å²) >= 11 is 0. The zero-order valence-corrected chi connectivity index (χ0v) is 8.34. The number of terminal acetylenes is 1. The van der Waals surface area contributed by atoms with Crippen LogP contribution in [-0.2, 0) is 0 Å². The van der Waals surface area contributed by atoms with Gasteiger partial charge in [-0.3, -0.25) is 4.90 Å². The molecule has 1 aliphatic rings. The Hall–Kier alpha value is -0.520. The van der Waals surface area contributed by atoms with Crippen molar-refractivity contribution in [3.05, 3.63) is 0 Å². The molecule has 2 nitrogen and oxygen atoms in total. The zero-order chi connectivity index (χ0) is 9.52. The van der Waals surface area contributed by atoms with E-state index in [0.29, 0.717) is 6.04 Å². The average Bonchev–Trinajstić information content (AvgIpc) is 2.19. The van der Waals surface area contributed by atoms with Crippen molar-refractivity contribution in [1.82, 2.24) is 4.90 Å². The maximum atomic E-state index is 5.72. The highest BCUT2D eigenvalue weighted by Crippen LogP contribution is 2.16. The molecule has 1 heterocycles. The van der Waals surface area contributed by atoms with Gasteiger partial charge < -0.3 is 5.73 Å². The van der Waals surface area contributed by atoms with Crippen LogP contribution in [0.5, 0.6) is 0 Å². The number of hydrogen-bond acceptors (Lipinski definition) is 2. The van der Waals surface area contributed by atoms with Crippen LogP contribution in [0.25, 0.3) is 0 Å². The second-order valence-corrected chi connectivity index (χ2v) is 3.73. The first-order valence-electron chi connectivity index (χ1n) is 5.26. The normalized spacial score (nSPS) is 24.2. The van der Waals surface area contributed by atoms with Crippen molar-refractivity contribution in [1.29, 1.82) is 0 Å². The van der Waals surface area contributed by atoms with Gasteiger partial charge in [0.15, 0.2) is 0 Å². The summed E-state index contributed by atoms with van der Waals surface area (Å²) in [5.41, 5.74) is 5.72. The molecule has 1 saturated heterocycles. The molecule has 74 valence electrons. The van der Waals surface area contributed by atoms with Gasteiger partial charge in [0.25, 0.3) is 0 Å². The topological polar surface area (TPSA) is 29.3 Å². The van der Waals surface area contributed by atoms with Gasteiger partial charge in [0.05, 0.1) is 0 Å². The summed E-state index contributed by atoms with van der Waals surface area (Å²) in [7, 11) is 0. The van der Waals surface area contributed by atoms with E-state index in [-0.39, 0.29) is 0 Å². The van der Waals surface area contributed by atoms with Crippen molar-refractivity contribution >= 4 is 0 Å². The minimum atomic E-state index is 0.617. The summed E-state index contributed by atoms with van der Waals surface area (Å²) in [4.78, 5) is 2.50. The van der Waals surface area contributed by atoms with Crippen molar-refractivity contribution in [2.24, 2.45) is 5.73 Å². The van der Waals surface area contributed by atoms with Crippen LogP contribution in [0.1, 0.15) is 32.1 Å². The standard InChI is InChI=1S/C11H20N2/c1-2-3-5-8-13-9-6-4-7-11(13)10-12/h1,11H,3-10,12H2. The molecule has 0 radical (unpaired) electrons. The van der Waals surface area contributed by atoms with Gasteiger partial charge in [-0.15, -0.1) is 12.3 Å². The van der Waals surface area contributed by atoms with Crippen molar-refractivity contribution < 1.29 is 0 Å². The molecule has 2 heteroatoms. The van der Waals surface area contributed by atoms with E-state index in [4.69, 9.17) is 12.2 Å². The van der Waals surface area contributed by atoms with Crippen LogP contribution in [0.3, 0.4) is 0 Å². The van der Waals surface area contributed by atoms with Gasteiger partial charge in [0.1, 0.15) is 0 Å². The number of rotatable bonds is 4. The molecule has 0 aromatic heterocycles. The Morgan fingerprint density at radius 3 is 3.00 bits per heavy atom. The van der Waals surface area contributed by atoms with Crippen LogP contribution in [0.2, 0.25) is 0 Å². The molecule has 13 heavy (non-hydrogen) atoms. The van der Waals surface area contributed by atoms with Gasteiger partial charge in [0, 0.05) is 19.0 Å². The van der Waals surface area contributed by atoms with Crippen molar-refractivity contribution in [2.45, 2.75) is 38.1 Å². The van der Waals surface area contributed by atoms with Gasteiger partial charge in [-0.05, 0) is 32.4 Å². The Kier molecular flexibility index (Phi) is 4.88. The lowest BCUT2D eigenvalue weighted by atomic mass is 10.0. The predicted octanol–water partition coefficient (Wildman–Crippen LogP) is 1.21. The Labute approximate surface area is 81.5 Å². The lowest BCUT2D eigenvalue weighted by Gasteiger charge is -2.34. The lowest BCUT2D eigenvalue weighted by molar-refractivity contribution is 0.152. The molecule has 1 unspecified atom stereocenters. The van der Waals surface area contributed by atoms with Gasteiger partial charge in [-0.1, -0.05) is 6.42 Å². The quantitative estimate of drug-likeness (QED) is 0.520. The van der Waals surface area contributed by atoms with E-state index in [2.05, 4.69) is 10.8 Å². The molecular formula is C11H20N2. The molecule has 1 aliphatic heterocycles. The number of likely N-dealkylation sites (tertiary alicyclic amines) is 1. The summed E-state index contributed by atoms with van der Waals surface area (Å²) in [6, 6.07) is 0.617. The molecule has 0 saturated carbocycles. The van der Waals surface area contributed by atoms with E-state index in [0.717, 1.165) is 25.9 Å². The first kappa shape index (κ1) is 10.6. The van der Waals surface area contributed by atoms with Gasteiger partial charge in [0.2, 0.25) is 0 Å². The Balaban J connectivity index is 2.24. The Bertz CT molecular complexity index is 171. The van der Waals surface area contributed by atoms with Crippen LogP contribution < -0.4 is 5.73 Å². The third-order valence-electron chi connectivity index (χ3n) is 2.79. The van der Waals surface area contributed by atoms with E-state index in [9.17, 15) is 0 Å². The summed E-state index contributed by atoms with van der Waals surface area (Å²) in [6.45, 7) is 3.15. The summed E-state index contributed by atoms with van der Waals surface area (Å²) < 4.78 is 0. The van der Waals surface area contributed by atoms with Crippen LogP contribution in [0, 0.1) is 12.3 Å². The van der Waals surface area contributed by atoms with E-state index in [1.165, 1.54) is 25.8 Å². The average molecular weight is 180 g/mol. The number of piperidine rings is 1. The van der Waals surface area contributed by atoms with Crippen molar-refractivity contribution in [2.75, 3.05) is 19.6 Å². The summed E-state index contributed by atoms with van der Waals surface area (Å²) in [5, 5.41) is 0. The predicted molar refractivity (Wildman–Crippen MR) is 56.3 cm³/mol. The smallest absolute Gasteiger partial charge is 0.0218 e. The van der Waals surface area contributed by atoms with Crippen LogP contribution >= 0.6 is 0 Å². The maximum absolute atomic E-state index is 5.72. The molecule has 0 spiro atoms. The second-order valence-electron chi connectivity index (χ2n) is 3.73. The SMILES string of the molecule is C#CCCCN1CCCCC1CN. The third kappa shape index (κ3) is 3.38. The second kappa shape index (κ2) is 6.01. The van der Waals surface area contributed by atoms with E-state index in [1.54, 1.807) is 0 Å². The van der Waals surface area contributed by atoms with Gasteiger partial charge >= 0.3 is 0 Å². The third-order valence-corrected chi connectivity index (χ3v) is 2.79. The molecule has 0 aromatic rings. The molecule has 1 fully saturated rings. The Morgan fingerprint density at radius 1 is 1.46 bits per heavy atom. The minimum Gasteiger partial charge on any atom is -0.329 e. The highest BCUT2D eigenvalue weighted by atomic mass is 15.2. The van der Waals surface area contributed by atoms with Crippen molar-refractivity contribution in [3.63, 3.8) is 0 Å². The number of unbranched alkanes of at least 4 members (excludes halogenated alkanes) is 1. The minimum absolute atomic E-state index is 0.617. The number of nitrogens with two attached hydrogens (primary N) is 1. The number of nitrogens with zero attached hydrogens (tertiary/aromatic N) is 1. The first-order chi connectivity index (χ1) is 6.38. The molecule has 1 rings (SSSR count). The van der Waals surface area contributed by atoms with E-state index >= 15 is 0 Å². The maximum Gasteiger partial charge on any atom is 0.0218 e. The van der Waals surface area contributed by atoms with Gasteiger partial charge in [-0.2, -0.15) is 0 Å². The fourth-order valence-electron chi connectivity index (χ4n) is 2.01. The molecule has 2 N–H and O–H groups in total. The largest absolute Gasteiger partial charge is 0.329 e. The summed E-state index contributed by atoms with van der Waals surface area (Å²) in [5.74, 6) is 2.68. The molecule has 0 bridgehead atoms. The molecule has 0 aromatic carbocycles. The van der Waals surface area contributed by atoms with Crippen LogP contribution in [0.15, 0.2) is 0 Å². The van der Waals surface area contributed by atoms with Crippen LogP contribution in [0.4, 0.5) is 0 Å². The Morgan fingerprint density at radius 2 is 2.31 bits per heavy atom. The first-order valence-corrected chi connectivity index (χ1v) is 5.26. The number of hydrogen-bond donors (Lipinski definition) is 1. The molecule has 0 aliphatic carbocycles. The van der Waals surface area contributed by atoms with Crippen molar-refractivity contribution in [3.8, 4) is 12.3 Å². The van der Waals surface area contributed by atoms with Gasteiger partial charge in [-0.25, -0.2) is 0 Å². The molecule has 0 amide bonds. The molecular weight excluding hydrogens is 160 g/mol. The highest BCUT2D eigenvalue weighted by molar-refractivity contribution is 4.84. The highest BCUT2D eigenvalue weighted by Gasteiger charge is 2.19. The van der Waals surface area contributed by atoms with Crippen LogP contribution in [-0.4, -0.2) is 30.6 Å². The monoisotopic (exact) mass is 180 g/mol. The summed E-state index contributed by atoms with van der Waals surface area (Å²) in [6.07, 6.45) is 11.2. The lowest BCUT2D eigenvalue weighted by Crippen LogP contribution is -2.44. The van der Waals surface area contributed by atoms with E-state index < -0.39 is 0 Å². The zero-order valence-electron chi connectivity index (χ0n) is 8.34. The van der Waals surface area contributed by atoms with E-state index in [1.807, 2.05) is 0 Å².